The number of halogens is 3. The van der Waals surface area contributed by atoms with Crippen molar-refractivity contribution in [3.05, 3.63) is 41.5 Å². The molecule has 0 aliphatic carbocycles. The summed E-state index contributed by atoms with van der Waals surface area (Å²) in [5.74, 6) is -1.35. The van der Waals surface area contributed by atoms with Crippen LogP contribution in [0.1, 0.15) is 11.1 Å². The molecule has 1 aromatic rings. The first-order valence-electron chi connectivity index (χ1n) is 4.94. The normalized spacial score (nSPS) is 11.3. The number of hydrogen-bond donors (Lipinski definition) is 2. The molecule has 0 saturated heterocycles. The van der Waals surface area contributed by atoms with Crippen molar-refractivity contribution < 1.29 is 22.8 Å². The van der Waals surface area contributed by atoms with Gasteiger partial charge in [-0.1, -0.05) is 12.1 Å². The van der Waals surface area contributed by atoms with Gasteiger partial charge in [0, 0.05) is 6.08 Å². The summed E-state index contributed by atoms with van der Waals surface area (Å²) in [4.78, 5) is 15.3. The Hall–Kier alpha value is -2.51. The van der Waals surface area contributed by atoms with Gasteiger partial charge in [-0.05, 0) is 28.9 Å². The van der Waals surface area contributed by atoms with Crippen molar-refractivity contribution >= 4 is 18.0 Å². The first-order valence-corrected chi connectivity index (χ1v) is 4.94. The van der Waals surface area contributed by atoms with E-state index in [1.165, 1.54) is 12.1 Å². The monoisotopic (exact) mass is 273 g/mol. The zero-order valence-electron chi connectivity index (χ0n) is 9.52. The quantitative estimate of drug-likeness (QED) is 0.287. The van der Waals surface area contributed by atoms with E-state index in [4.69, 9.17) is 11.5 Å². The number of guanidine groups is 1. The molecule has 0 spiro atoms. The molecular weight excluding hydrogens is 263 g/mol. The summed E-state index contributed by atoms with van der Waals surface area (Å²) >= 11 is 0. The average Bonchev–Trinajstić information content (AvgIpc) is 2.33. The summed E-state index contributed by atoms with van der Waals surface area (Å²) in [6.45, 7) is 0. The van der Waals surface area contributed by atoms with Gasteiger partial charge in [-0.2, -0.15) is 13.2 Å². The first-order chi connectivity index (χ1) is 8.79. The number of nitrogens with zero attached hydrogens (tertiary/aromatic N) is 1. The van der Waals surface area contributed by atoms with Crippen LogP contribution in [0.5, 0.6) is 0 Å². The van der Waals surface area contributed by atoms with Crippen molar-refractivity contribution in [1.82, 2.24) is 0 Å². The van der Waals surface area contributed by atoms with E-state index in [9.17, 15) is 18.0 Å². The smallest absolute Gasteiger partial charge is 0.367 e. The van der Waals surface area contributed by atoms with Crippen LogP contribution in [0, 0.1) is 0 Å². The summed E-state index contributed by atoms with van der Waals surface area (Å²) in [7, 11) is 0. The van der Waals surface area contributed by atoms with Crippen LogP contribution in [-0.4, -0.2) is 11.9 Å². The van der Waals surface area contributed by atoms with Gasteiger partial charge in [-0.3, -0.25) is 0 Å². The van der Waals surface area contributed by atoms with E-state index in [-0.39, 0.29) is 5.56 Å². The predicted molar refractivity (Wildman–Crippen MR) is 62.4 cm³/mol. The fourth-order valence-electron chi connectivity index (χ4n) is 1.11. The zero-order valence-corrected chi connectivity index (χ0v) is 9.52. The molecule has 8 heteroatoms. The molecule has 0 saturated carbocycles. The number of carbonyl (C=O) groups is 1. The lowest BCUT2D eigenvalue weighted by molar-refractivity contribution is -0.138. The minimum Gasteiger partial charge on any atom is -0.367 e. The minimum atomic E-state index is -4.44. The van der Waals surface area contributed by atoms with E-state index >= 15 is 0 Å². The van der Waals surface area contributed by atoms with Crippen LogP contribution >= 0.6 is 0 Å². The van der Waals surface area contributed by atoms with Crippen molar-refractivity contribution in [2.24, 2.45) is 16.6 Å². The molecule has 0 heterocycles. The van der Waals surface area contributed by atoms with E-state index in [1.807, 2.05) is 0 Å². The van der Waals surface area contributed by atoms with Gasteiger partial charge in [-0.25, -0.2) is 4.79 Å². The highest BCUT2D eigenvalue weighted by molar-refractivity contribution is 5.87. The third-order valence-electron chi connectivity index (χ3n) is 1.87. The summed E-state index contributed by atoms with van der Waals surface area (Å²) in [6, 6.07) is 4.45. The summed E-state index contributed by atoms with van der Waals surface area (Å²) in [5.41, 5.74) is 9.21. The van der Waals surface area contributed by atoms with Crippen molar-refractivity contribution in [3.63, 3.8) is 0 Å². The van der Waals surface area contributed by atoms with Gasteiger partial charge < -0.3 is 16.3 Å². The van der Waals surface area contributed by atoms with Gasteiger partial charge in [0.2, 0.25) is 5.96 Å². The van der Waals surface area contributed by atoms with Crippen LogP contribution in [0.4, 0.5) is 13.2 Å². The highest BCUT2D eigenvalue weighted by atomic mass is 19.4. The number of nitrogens with two attached hydrogens (primary N) is 2. The Kier molecular flexibility index (Phi) is 4.51. The number of rotatable bonds is 3. The Morgan fingerprint density at radius 1 is 1.32 bits per heavy atom. The molecule has 0 amide bonds. The van der Waals surface area contributed by atoms with Crippen LogP contribution in [0.25, 0.3) is 6.08 Å². The third kappa shape index (κ3) is 5.11. The molecule has 0 aliphatic heterocycles. The van der Waals surface area contributed by atoms with Gasteiger partial charge in [0.15, 0.2) is 0 Å². The third-order valence-corrected chi connectivity index (χ3v) is 1.87. The fraction of sp³-hybridized carbons (Fsp3) is 0.0909. The lowest BCUT2D eigenvalue weighted by atomic mass is 10.1. The topological polar surface area (TPSA) is 90.7 Å². The summed E-state index contributed by atoms with van der Waals surface area (Å²) < 4.78 is 37.2. The Morgan fingerprint density at radius 2 is 2.00 bits per heavy atom. The molecule has 0 atom stereocenters. The highest BCUT2D eigenvalue weighted by Gasteiger charge is 2.30. The molecular formula is C11H10F3N3O2. The lowest BCUT2D eigenvalue weighted by Crippen LogP contribution is -2.23. The van der Waals surface area contributed by atoms with E-state index in [0.717, 1.165) is 24.3 Å². The van der Waals surface area contributed by atoms with E-state index in [0.29, 0.717) is 0 Å². The maximum atomic E-state index is 12.4. The van der Waals surface area contributed by atoms with E-state index in [2.05, 4.69) is 9.99 Å². The summed E-state index contributed by atoms with van der Waals surface area (Å²) in [5, 5.41) is 2.99. The number of oxime groups is 1. The maximum absolute atomic E-state index is 12.4. The maximum Gasteiger partial charge on any atom is 0.416 e. The second-order valence-electron chi connectivity index (χ2n) is 3.38. The first kappa shape index (κ1) is 14.6. The van der Waals surface area contributed by atoms with E-state index in [1.54, 1.807) is 0 Å². The molecule has 0 bridgehead atoms. The molecule has 1 aromatic carbocycles. The second kappa shape index (κ2) is 5.89. The highest BCUT2D eigenvalue weighted by Crippen LogP contribution is 2.29. The van der Waals surface area contributed by atoms with Gasteiger partial charge in [0.1, 0.15) is 0 Å². The van der Waals surface area contributed by atoms with Gasteiger partial charge in [0.05, 0.1) is 5.56 Å². The molecule has 0 fully saturated rings. The second-order valence-corrected chi connectivity index (χ2v) is 3.38. The zero-order chi connectivity index (χ0) is 14.5. The largest absolute Gasteiger partial charge is 0.416 e. The lowest BCUT2D eigenvalue weighted by Gasteiger charge is -2.06. The number of alkyl halides is 3. The molecule has 1 rings (SSSR count). The van der Waals surface area contributed by atoms with Gasteiger partial charge in [-0.15, -0.1) is 0 Å². The van der Waals surface area contributed by atoms with Gasteiger partial charge in [0.25, 0.3) is 0 Å². The Balaban J connectivity index is 2.77. The Bertz CT molecular complexity index is 520. The molecule has 4 N–H and O–H groups in total. The van der Waals surface area contributed by atoms with Crippen LogP contribution in [0.2, 0.25) is 0 Å². The van der Waals surface area contributed by atoms with Crippen molar-refractivity contribution in [3.8, 4) is 0 Å². The van der Waals surface area contributed by atoms with Crippen LogP contribution in [0.15, 0.2) is 35.5 Å². The Labute approximate surface area is 106 Å². The number of benzene rings is 1. The van der Waals surface area contributed by atoms with Crippen LogP contribution < -0.4 is 11.5 Å². The standard InChI is InChI=1S/C11H10F3N3O2/c12-11(13,14)8-3-1-2-7(6-8)4-5-9(18)19-17-10(15)16/h1-6H,(H4,15,16,17)/b5-4+. The molecule has 0 unspecified atom stereocenters. The fourth-order valence-corrected chi connectivity index (χ4v) is 1.11. The number of carbonyl (C=O) groups excluding carboxylic acids is 1. The van der Waals surface area contributed by atoms with E-state index < -0.39 is 23.7 Å². The van der Waals surface area contributed by atoms with Crippen molar-refractivity contribution in [1.29, 1.82) is 0 Å². The van der Waals surface area contributed by atoms with Crippen molar-refractivity contribution in [2.45, 2.75) is 6.18 Å². The molecule has 0 aliphatic rings. The van der Waals surface area contributed by atoms with Crippen LogP contribution in [-0.2, 0) is 15.8 Å². The molecule has 5 nitrogen and oxygen atoms in total. The molecule has 0 radical (unpaired) electrons. The Morgan fingerprint density at radius 3 is 2.58 bits per heavy atom. The average molecular weight is 273 g/mol. The SMILES string of the molecule is NC(N)=NOC(=O)/C=C/c1cccc(C(F)(F)F)c1. The molecule has 102 valence electrons. The number of hydrogen-bond acceptors (Lipinski definition) is 3. The van der Waals surface area contributed by atoms with Crippen molar-refractivity contribution in [2.75, 3.05) is 0 Å². The summed E-state index contributed by atoms with van der Waals surface area (Å²) in [6.07, 6.45) is -2.38. The molecule has 19 heavy (non-hydrogen) atoms. The van der Waals surface area contributed by atoms with Crippen LogP contribution in [0.3, 0.4) is 0 Å². The minimum absolute atomic E-state index is 0.191. The predicted octanol–water partition coefficient (Wildman–Crippen LogP) is 1.45. The van der Waals surface area contributed by atoms with Gasteiger partial charge >= 0.3 is 12.1 Å². The molecule has 0 aromatic heterocycles.